The molecule has 1 aromatic heterocycles. The Morgan fingerprint density at radius 3 is 2.86 bits per heavy atom. The van der Waals surface area contributed by atoms with Crippen molar-refractivity contribution < 1.29 is 0 Å². The van der Waals surface area contributed by atoms with E-state index in [1.807, 2.05) is 0 Å². The highest BCUT2D eigenvalue weighted by atomic mass is 15.1. The van der Waals surface area contributed by atoms with Crippen LogP contribution in [-0.2, 0) is 0 Å². The van der Waals surface area contributed by atoms with Gasteiger partial charge in [0.05, 0.1) is 5.69 Å². The third-order valence-electron chi connectivity index (χ3n) is 2.54. The van der Waals surface area contributed by atoms with Crippen LogP contribution in [-0.4, -0.2) is 18.6 Å². The van der Waals surface area contributed by atoms with Crippen LogP contribution < -0.4 is 4.90 Å². The van der Waals surface area contributed by atoms with Gasteiger partial charge in [-0.2, -0.15) is 0 Å². The number of hydrogen-bond donors (Lipinski definition) is 1. The molecule has 0 radical (unpaired) electrons. The Morgan fingerprint density at radius 2 is 2.07 bits per heavy atom. The van der Waals surface area contributed by atoms with Gasteiger partial charge in [-0.05, 0) is 12.5 Å². The third kappa shape index (κ3) is 1.48. The fourth-order valence-electron chi connectivity index (χ4n) is 1.83. The van der Waals surface area contributed by atoms with E-state index in [1.54, 1.807) is 0 Å². The summed E-state index contributed by atoms with van der Waals surface area (Å²) < 4.78 is 0. The van der Waals surface area contributed by atoms with E-state index in [4.69, 9.17) is 0 Å². The van der Waals surface area contributed by atoms with Crippen LogP contribution in [0.4, 0.5) is 5.69 Å². The molecule has 0 aliphatic rings. The lowest BCUT2D eigenvalue weighted by Crippen LogP contribution is -2.17. The molecule has 0 bridgehead atoms. The highest BCUT2D eigenvalue weighted by molar-refractivity contribution is 5.92. The molecule has 0 aliphatic heterocycles. The molecule has 2 aromatic rings. The number of nitrogens with zero attached hydrogens (tertiary/aromatic N) is 1. The predicted octanol–water partition coefficient (Wildman–Crippen LogP) is 3.01. The number of benzene rings is 1. The first-order valence-corrected chi connectivity index (χ1v) is 5.10. The summed E-state index contributed by atoms with van der Waals surface area (Å²) >= 11 is 0. The molecule has 0 amide bonds. The van der Waals surface area contributed by atoms with Gasteiger partial charge in [-0.15, -0.1) is 0 Å². The molecule has 2 nitrogen and oxygen atoms in total. The van der Waals surface area contributed by atoms with Crippen LogP contribution in [0.2, 0.25) is 0 Å². The number of hydrogen-bond acceptors (Lipinski definition) is 1. The van der Waals surface area contributed by atoms with Crippen molar-refractivity contribution in [2.45, 2.75) is 13.3 Å². The second kappa shape index (κ2) is 3.74. The molecular weight excluding hydrogens is 172 g/mol. The summed E-state index contributed by atoms with van der Waals surface area (Å²) in [6.45, 7) is 3.30. The van der Waals surface area contributed by atoms with Gasteiger partial charge in [0.2, 0.25) is 0 Å². The normalized spacial score (nSPS) is 10.7. The molecular formula is C12H16N2. The van der Waals surface area contributed by atoms with Gasteiger partial charge in [0.15, 0.2) is 0 Å². The highest BCUT2D eigenvalue weighted by Gasteiger charge is 2.05. The average Bonchev–Trinajstić information content (AvgIpc) is 2.61. The fourth-order valence-corrected chi connectivity index (χ4v) is 1.83. The second-order valence-electron chi connectivity index (χ2n) is 3.64. The van der Waals surface area contributed by atoms with Crippen molar-refractivity contribution in [1.29, 1.82) is 0 Å². The Morgan fingerprint density at radius 1 is 1.29 bits per heavy atom. The van der Waals surface area contributed by atoms with Crippen LogP contribution >= 0.6 is 0 Å². The smallest absolute Gasteiger partial charge is 0.0621 e. The minimum absolute atomic E-state index is 1.10. The number of aromatic nitrogens is 1. The molecule has 2 rings (SSSR count). The first-order valence-electron chi connectivity index (χ1n) is 5.10. The van der Waals surface area contributed by atoms with Crippen molar-refractivity contribution in [2.75, 3.05) is 18.5 Å². The number of nitrogens with one attached hydrogen (secondary N) is 1. The van der Waals surface area contributed by atoms with E-state index in [1.165, 1.54) is 23.0 Å². The topological polar surface area (TPSA) is 19.0 Å². The average molecular weight is 188 g/mol. The standard InChI is InChI=1S/C12H16N2/c1-3-8-14(2)12-9-13-11-7-5-4-6-10(11)12/h4-7,9,13H,3,8H2,1-2H3. The monoisotopic (exact) mass is 188 g/mol. The molecule has 14 heavy (non-hydrogen) atoms. The Hall–Kier alpha value is -1.44. The van der Waals surface area contributed by atoms with Crippen molar-refractivity contribution >= 4 is 16.6 Å². The van der Waals surface area contributed by atoms with Gasteiger partial charge < -0.3 is 9.88 Å². The summed E-state index contributed by atoms with van der Waals surface area (Å²) in [7, 11) is 2.14. The quantitative estimate of drug-likeness (QED) is 0.784. The summed E-state index contributed by atoms with van der Waals surface area (Å²) in [5, 5.41) is 1.31. The molecule has 2 heteroatoms. The Kier molecular flexibility index (Phi) is 2.44. The van der Waals surface area contributed by atoms with Gasteiger partial charge in [-0.1, -0.05) is 25.1 Å². The van der Waals surface area contributed by atoms with E-state index < -0.39 is 0 Å². The first-order chi connectivity index (χ1) is 6.83. The minimum atomic E-state index is 1.10. The summed E-state index contributed by atoms with van der Waals surface area (Å²) in [6.07, 6.45) is 3.26. The van der Waals surface area contributed by atoms with Crippen molar-refractivity contribution in [2.24, 2.45) is 0 Å². The van der Waals surface area contributed by atoms with E-state index in [9.17, 15) is 0 Å². The summed E-state index contributed by atoms with van der Waals surface area (Å²) in [5.74, 6) is 0. The number of H-pyrrole nitrogens is 1. The molecule has 0 saturated carbocycles. The predicted molar refractivity (Wildman–Crippen MR) is 61.9 cm³/mol. The van der Waals surface area contributed by atoms with Crippen molar-refractivity contribution in [3.8, 4) is 0 Å². The molecule has 0 unspecified atom stereocenters. The molecule has 1 aromatic carbocycles. The van der Waals surface area contributed by atoms with Crippen LogP contribution in [0.15, 0.2) is 30.5 Å². The van der Waals surface area contributed by atoms with Crippen molar-refractivity contribution in [1.82, 2.24) is 4.98 Å². The maximum atomic E-state index is 3.29. The van der Waals surface area contributed by atoms with E-state index >= 15 is 0 Å². The lowest BCUT2D eigenvalue weighted by atomic mass is 10.2. The SMILES string of the molecule is CCCN(C)c1c[nH]c2ccccc12. The van der Waals surface area contributed by atoms with Crippen LogP contribution in [0.1, 0.15) is 13.3 Å². The lowest BCUT2D eigenvalue weighted by molar-refractivity contribution is 0.855. The van der Waals surface area contributed by atoms with Gasteiger partial charge in [0.1, 0.15) is 0 Å². The number of aromatic amines is 1. The maximum Gasteiger partial charge on any atom is 0.0621 e. The Balaban J connectivity index is 2.42. The Bertz CT molecular complexity index is 417. The van der Waals surface area contributed by atoms with Gasteiger partial charge in [-0.25, -0.2) is 0 Å². The third-order valence-corrected chi connectivity index (χ3v) is 2.54. The number of anilines is 1. The zero-order valence-electron chi connectivity index (χ0n) is 8.75. The molecule has 0 atom stereocenters. The number of rotatable bonds is 3. The number of para-hydroxylation sites is 1. The molecule has 0 aliphatic carbocycles. The van der Waals surface area contributed by atoms with E-state index in [-0.39, 0.29) is 0 Å². The van der Waals surface area contributed by atoms with Gasteiger partial charge in [0, 0.05) is 30.7 Å². The number of fused-ring (bicyclic) bond motifs is 1. The van der Waals surface area contributed by atoms with Crippen molar-refractivity contribution in [3.63, 3.8) is 0 Å². The maximum absolute atomic E-state index is 3.29. The van der Waals surface area contributed by atoms with E-state index in [0.717, 1.165) is 6.54 Å². The molecule has 0 saturated heterocycles. The zero-order valence-corrected chi connectivity index (χ0v) is 8.75. The van der Waals surface area contributed by atoms with Crippen molar-refractivity contribution in [3.05, 3.63) is 30.5 Å². The van der Waals surface area contributed by atoms with Crippen LogP contribution in [0, 0.1) is 0 Å². The van der Waals surface area contributed by atoms with Gasteiger partial charge >= 0.3 is 0 Å². The molecule has 0 fully saturated rings. The second-order valence-corrected chi connectivity index (χ2v) is 3.64. The van der Waals surface area contributed by atoms with Crippen LogP contribution in [0.3, 0.4) is 0 Å². The fraction of sp³-hybridized carbons (Fsp3) is 0.333. The summed E-state index contributed by atoms with van der Waals surface area (Å²) in [6, 6.07) is 8.41. The van der Waals surface area contributed by atoms with Gasteiger partial charge in [0.25, 0.3) is 0 Å². The highest BCUT2D eigenvalue weighted by Crippen LogP contribution is 2.25. The molecule has 1 heterocycles. The zero-order chi connectivity index (χ0) is 9.97. The summed E-state index contributed by atoms with van der Waals surface area (Å²) in [4.78, 5) is 5.58. The minimum Gasteiger partial charge on any atom is -0.373 e. The summed E-state index contributed by atoms with van der Waals surface area (Å²) in [5.41, 5.74) is 2.51. The lowest BCUT2D eigenvalue weighted by Gasteiger charge is -2.16. The van der Waals surface area contributed by atoms with E-state index in [0.29, 0.717) is 0 Å². The Labute approximate surface area is 84.5 Å². The van der Waals surface area contributed by atoms with Crippen LogP contribution in [0.25, 0.3) is 10.9 Å². The molecule has 74 valence electrons. The largest absolute Gasteiger partial charge is 0.373 e. The van der Waals surface area contributed by atoms with E-state index in [2.05, 4.69) is 54.3 Å². The molecule has 1 N–H and O–H groups in total. The van der Waals surface area contributed by atoms with Gasteiger partial charge in [-0.3, -0.25) is 0 Å². The van der Waals surface area contributed by atoms with Crippen LogP contribution in [0.5, 0.6) is 0 Å². The molecule has 0 spiro atoms. The first kappa shape index (κ1) is 9.13.